The number of esters is 1. The van der Waals surface area contributed by atoms with Gasteiger partial charge in [0, 0.05) is 17.8 Å². The molecule has 0 N–H and O–H groups in total. The van der Waals surface area contributed by atoms with Gasteiger partial charge in [0.2, 0.25) is 0 Å². The Kier molecular flexibility index (Phi) is 5.99. The topological polar surface area (TPSA) is 44.1 Å². The van der Waals surface area contributed by atoms with E-state index in [1.165, 1.54) is 0 Å². The van der Waals surface area contributed by atoms with Crippen molar-refractivity contribution in [3.05, 3.63) is 17.0 Å². The minimum atomic E-state index is -0.158. The highest BCUT2D eigenvalue weighted by atomic mass is 16.5. The molecule has 120 valence electrons. The summed E-state index contributed by atoms with van der Waals surface area (Å²) in [5.41, 5.74) is 3.21. The van der Waals surface area contributed by atoms with E-state index in [2.05, 4.69) is 39.7 Å². The molecule has 0 aromatic carbocycles. The first-order valence-corrected chi connectivity index (χ1v) is 7.78. The highest BCUT2D eigenvalue weighted by Gasteiger charge is 2.17. The van der Waals surface area contributed by atoms with Crippen molar-refractivity contribution >= 4 is 5.97 Å². The molecule has 0 aliphatic rings. The quantitative estimate of drug-likeness (QED) is 0.752. The SMILES string of the molecule is Cc1nn(CC(C)C)c(C)c1CC(=O)OCCC(C)(C)C. The van der Waals surface area contributed by atoms with Crippen LogP contribution in [0.4, 0.5) is 0 Å². The van der Waals surface area contributed by atoms with Crippen LogP contribution in [0.2, 0.25) is 0 Å². The molecule has 21 heavy (non-hydrogen) atoms. The second kappa shape index (κ2) is 7.10. The highest BCUT2D eigenvalue weighted by Crippen LogP contribution is 2.19. The van der Waals surface area contributed by atoms with Crippen molar-refractivity contribution in [2.24, 2.45) is 11.3 Å². The van der Waals surface area contributed by atoms with Crippen molar-refractivity contribution in [2.45, 2.75) is 67.9 Å². The van der Waals surface area contributed by atoms with E-state index in [-0.39, 0.29) is 11.4 Å². The van der Waals surface area contributed by atoms with Gasteiger partial charge in [0.15, 0.2) is 0 Å². The number of nitrogens with zero attached hydrogens (tertiary/aromatic N) is 2. The molecule has 0 saturated carbocycles. The molecule has 4 heteroatoms. The number of rotatable bonds is 6. The van der Waals surface area contributed by atoms with Gasteiger partial charge in [0.25, 0.3) is 0 Å². The average Bonchev–Trinajstić information content (AvgIpc) is 2.54. The molecule has 0 saturated heterocycles. The van der Waals surface area contributed by atoms with Gasteiger partial charge in [-0.2, -0.15) is 5.10 Å². The number of aromatic nitrogens is 2. The van der Waals surface area contributed by atoms with E-state index in [9.17, 15) is 4.79 Å². The summed E-state index contributed by atoms with van der Waals surface area (Å²) in [5.74, 6) is 0.379. The zero-order chi connectivity index (χ0) is 16.2. The van der Waals surface area contributed by atoms with Crippen LogP contribution in [0.3, 0.4) is 0 Å². The summed E-state index contributed by atoms with van der Waals surface area (Å²) in [6, 6.07) is 0. The standard InChI is InChI=1S/C17H30N2O2/c1-12(2)11-19-14(4)15(13(3)18-19)10-16(20)21-9-8-17(5,6)7/h12H,8-11H2,1-7H3. The van der Waals surface area contributed by atoms with Crippen LogP contribution < -0.4 is 0 Å². The van der Waals surface area contributed by atoms with Crippen LogP contribution in [0.15, 0.2) is 0 Å². The molecule has 1 aromatic rings. The molecule has 0 aliphatic heterocycles. The van der Waals surface area contributed by atoms with E-state index in [1.807, 2.05) is 18.5 Å². The second-order valence-electron chi connectivity index (χ2n) is 7.43. The van der Waals surface area contributed by atoms with E-state index in [0.29, 0.717) is 18.9 Å². The maximum absolute atomic E-state index is 12.0. The fourth-order valence-corrected chi connectivity index (χ4v) is 2.18. The third-order valence-electron chi connectivity index (χ3n) is 3.51. The smallest absolute Gasteiger partial charge is 0.310 e. The first kappa shape index (κ1) is 17.7. The molecule has 1 aromatic heterocycles. The van der Waals surface area contributed by atoms with Gasteiger partial charge in [-0.05, 0) is 31.6 Å². The van der Waals surface area contributed by atoms with Gasteiger partial charge in [0.05, 0.1) is 18.7 Å². The molecule has 4 nitrogen and oxygen atoms in total. The first-order chi connectivity index (χ1) is 9.60. The van der Waals surface area contributed by atoms with Gasteiger partial charge in [0.1, 0.15) is 0 Å². The molecular formula is C17H30N2O2. The van der Waals surface area contributed by atoms with Gasteiger partial charge in [-0.15, -0.1) is 0 Å². The number of ether oxygens (including phenoxy) is 1. The number of carbonyl (C=O) groups is 1. The van der Waals surface area contributed by atoms with Crippen LogP contribution in [0.25, 0.3) is 0 Å². The van der Waals surface area contributed by atoms with Crippen LogP contribution >= 0.6 is 0 Å². The molecule has 0 fully saturated rings. The summed E-state index contributed by atoms with van der Waals surface area (Å²) in [7, 11) is 0. The third-order valence-corrected chi connectivity index (χ3v) is 3.51. The Morgan fingerprint density at radius 1 is 1.29 bits per heavy atom. The summed E-state index contributed by atoms with van der Waals surface area (Å²) in [6.45, 7) is 16.1. The Labute approximate surface area is 128 Å². The summed E-state index contributed by atoms with van der Waals surface area (Å²) >= 11 is 0. The maximum atomic E-state index is 12.0. The van der Waals surface area contributed by atoms with E-state index in [1.54, 1.807) is 0 Å². The van der Waals surface area contributed by atoms with Crippen molar-refractivity contribution in [3.63, 3.8) is 0 Å². The summed E-state index contributed by atoms with van der Waals surface area (Å²) < 4.78 is 7.34. The number of hydrogen-bond donors (Lipinski definition) is 0. The predicted molar refractivity (Wildman–Crippen MR) is 85.3 cm³/mol. The zero-order valence-corrected chi connectivity index (χ0v) is 14.6. The lowest BCUT2D eigenvalue weighted by molar-refractivity contribution is -0.143. The highest BCUT2D eigenvalue weighted by molar-refractivity contribution is 5.73. The Morgan fingerprint density at radius 3 is 2.43 bits per heavy atom. The maximum Gasteiger partial charge on any atom is 0.310 e. The number of hydrogen-bond acceptors (Lipinski definition) is 3. The molecule has 0 radical (unpaired) electrons. The van der Waals surface area contributed by atoms with Gasteiger partial charge < -0.3 is 4.74 Å². The zero-order valence-electron chi connectivity index (χ0n) is 14.6. The predicted octanol–water partition coefficient (Wildman–Crippen LogP) is 3.68. The lowest BCUT2D eigenvalue weighted by atomic mass is 9.93. The van der Waals surface area contributed by atoms with Crippen LogP contribution in [0.5, 0.6) is 0 Å². The van der Waals surface area contributed by atoms with Crippen LogP contribution in [-0.2, 0) is 22.5 Å². The summed E-state index contributed by atoms with van der Waals surface area (Å²) in [4.78, 5) is 12.0. The second-order valence-corrected chi connectivity index (χ2v) is 7.43. The molecule has 0 atom stereocenters. The summed E-state index contributed by atoms with van der Waals surface area (Å²) in [5, 5.41) is 4.53. The molecule has 1 heterocycles. The van der Waals surface area contributed by atoms with E-state index in [0.717, 1.165) is 29.9 Å². The molecule has 0 amide bonds. The molecule has 0 unspecified atom stereocenters. The van der Waals surface area contributed by atoms with Crippen molar-refractivity contribution in [1.29, 1.82) is 0 Å². The van der Waals surface area contributed by atoms with Gasteiger partial charge in [-0.3, -0.25) is 9.48 Å². The molecular weight excluding hydrogens is 264 g/mol. The van der Waals surface area contributed by atoms with E-state index < -0.39 is 0 Å². The Hall–Kier alpha value is -1.32. The minimum Gasteiger partial charge on any atom is -0.465 e. The third kappa shape index (κ3) is 5.90. The minimum absolute atomic E-state index is 0.158. The lowest BCUT2D eigenvalue weighted by Gasteiger charge is -2.17. The average molecular weight is 294 g/mol. The Bertz CT molecular complexity index is 482. The Balaban J connectivity index is 2.62. The fraction of sp³-hybridized carbons (Fsp3) is 0.765. The fourth-order valence-electron chi connectivity index (χ4n) is 2.18. The molecule has 1 rings (SSSR count). The van der Waals surface area contributed by atoms with Crippen molar-refractivity contribution in [1.82, 2.24) is 9.78 Å². The van der Waals surface area contributed by atoms with Crippen LogP contribution in [-0.4, -0.2) is 22.4 Å². The molecule has 0 spiro atoms. The van der Waals surface area contributed by atoms with Gasteiger partial charge in [-0.1, -0.05) is 34.6 Å². The van der Waals surface area contributed by atoms with Crippen molar-refractivity contribution in [3.8, 4) is 0 Å². The monoisotopic (exact) mass is 294 g/mol. The number of carbonyl (C=O) groups excluding carboxylic acids is 1. The van der Waals surface area contributed by atoms with Crippen molar-refractivity contribution < 1.29 is 9.53 Å². The van der Waals surface area contributed by atoms with Gasteiger partial charge in [-0.25, -0.2) is 0 Å². The van der Waals surface area contributed by atoms with E-state index >= 15 is 0 Å². The summed E-state index contributed by atoms with van der Waals surface area (Å²) in [6.07, 6.45) is 1.20. The molecule has 0 aliphatic carbocycles. The first-order valence-electron chi connectivity index (χ1n) is 7.78. The van der Waals surface area contributed by atoms with Gasteiger partial charge >= 0.3 is 5.97 Å². The van der Waals surface area contributed by atoms with Crippen LogP contribution in [0, 0.1) is 25.2 Å². The normalized spacial score (nSPS) is 12.0. The number of aryl methyl sites for hydroxylation is 1. The Morgan fingerprint density at radius 2 is 1.90 bits per heavy atom. The molecule has 0 bridgehead atoms. The van der Waals surface area contributed by atoms with Crippen molar-refractivity contribution in [2.75, 3.05) is 6.61 Å². The largest absolute Gasteiger partial charge is 0.465 e. The van der Waals surface area contributed by atoms with E-state index in [4.69, 9.17) is 4.74 Å². The van der Waals surface area contributed by atoms with Crippen LogP contribution in [0.1, 0.15) is 58.0 Å². The lowest BCUT2D eigenvalue weighted by Crippen LogP contribution is -2.15.